The van der Waals surface area contributed by atoms with Gasteiger partial charge in [-0.05, 0) is 12.7 Å². The third-order valence-corrected chi connectivity index (χ3v) is 0.464. The third-order valence-electron chi connectivity index (χ3n) is 0.464. The van der Waals surface area contributed by atoms with Gasteiger partial charge in [-0.2, -0.15) is 0 Å². The first-order valence-corrected chi connectivity index (χ1v) is 2.36. The van der Waals surface area contributed by atoms with Gasteiger partial charge in [-0.25, -0.2) is 0 Å². The monoisotopic (exact) mass is 170 g/mol. The van der Waals surface area contributed by atoms with Gasteiger partial charge in [-0.3, -0.25) is 9.59 Å². The molecule has 0 aromatic heterocycles. The van der Waals surface area contributed by atoms with Crippen molar-refractivity contribution >= 4 is 11.9 Å². The molecule has 0 aliphatic heterocycles. The van der Waals surface area contributed by atoms with Crippen LogP contribution in [0, 0.1) is 0 Å². The predicted octanol–water partition coefficient (Wildman–Crippen LogP) is 1.11. The maximum Gasteiger partial charge on any atom is 0.303 e. The average molecular weight is 170 g/mol. The zero-order valence-corrected chi connectivity index (χ0v) is 5.21. The van der Waals surface area contributed by atoms with E-state index < -0.39 is 43.8 Å². The summed E-state index contributed by atoms with van der Waals surface area (Å²) in [7, 11) is 0. The highest BCUT2D eigenvalue weighted by atomic mass is 16.4. The first-order valence-electron chi connectivity index (χ1n) is 7.36. The summed E-state index contributed by atoms with van der Waals surface area (Å²) in [6, 6.07) is 0. The van der Waals surface area contributed by atoms with Gasteiger partial charge in [0.1, 0.15) is 0 Å². The molecule has 0 heterocycles. The van der Waals surface area contributed by atoms with Crippen LogP contribution in [-0.4, -0.2) is 22.2 Å². The summed E-state index contributed by atoms with van der Waals surface area (Å²) in [6.45, 7) is 0. The van der Waals surface area contributed by atoms with Gasteiger partial charge in [0.15, 0.2) is 0 Å². The number of hydrogen-bond acceptors (Lipinski definition) is 2. The summed E-state index contributed by atoms with van der Waals surface area (Å²) in [5.41, 5.74) is 0. The standard InChI is InChI=1S/C7H12O4/c8-6(9)4-2-1-3-5-7(10)11/h1-5H2,(H,8,9)(H,10,11)/i1D2,2D2,3D2,4D2,5D2. The van der Waals surface area contributed by atoms with E-state index in [4.69, 9.17) is 23.9 Å². The number of hydrogen-bond donors (Lipinski definition) is 2. The van der Waals surface area contributed by atoms with Crippen LogP contribution in [0.25, 0.3) is 0 Å². The van der Waals surface area contributed by atoms with E-state index in [9.17, 15) is 9.59 Å². The number of rotatable bonds is 6. The molecule has 0 fully saturated rings. The maximum atomic E-state index is 10.7. The Morgan fingerprint density at radius 3 is 1.64 bits per heavy atom. The van der Waals surface area contributed by atoms with Gasteiger partial charge in [0, 0.05) is 26.5 Å². The molecule has 0 bridgehead atoms. The summed E-state index contributed by atoms with van der Waals surface area (Å²) in [4.78, 5) is 21.4. The van der Waals surface area contributed by atoms with E-state index in [1.165, 1.54) is 0 Å². The molecule has 0 atom stereocenters. The lowest BCUT2D eigenvalue weighted by molar-refractivity contribution is -0.137. The first kappa shape index (κ1) is 2.21. The van der Waals surface area contributed by atoms with E-state index in [2.05, 4.69) is 0 Å². The van der Waals surface area contributed by atoms with E-state index in [1.807, 2.05) is 0 Å². The van der Waals surface area contributed by atoms with Gasteiger partial charge in [-0.15, -0.1) is 0 Å². The van der Waals surface area contributed by atoms with E-state index in [0.717, 1.165) is 0 Å². The molecule has 4 heteroatoms. The Bertz CT molecular complexity index is 416. The predicted molar refractivity (Wildman–Crippen MR) is 38.4 cm³/mol. The van der Waals surface area contributed by atoms with Gasteiger partial charge in [-0.1, -0.05) is 6.37 Å². The minimum atomic E-state index is -4.12. The molecule has 0 radical (unpaired) electrons. The number of carboxylic acids is 2. The number of carboxylic acid groups (broad SMARTS) is 2. The Morgan fingerprint density at radius 1 is 1.00 bits per heavy atom. The lowest BCUT2D eigenvalue weighted by Gasteiger charge is -1.94. The van der Waals surface area contributed by atoms with E-state index in [-0.39, 0.29) is 0 Å². The number of aliphatic carboxylic acids is 2. The molecule has 0 rings (SSSR count). The Kier molecular flexibility index (Phi) is 1.15. The highest BCUT2D eigenvalue weighted by Gasteiger charge is 1.98. The summed E-state index contributed by atoms with van der Waals surface area (Å²) in [6.07, 6.45) is -20.1. The van der Waals surface area contributed by atoms with Crippen LogP contribution >= 0.6 is 0 Å². The zero-order valence-electron chi connectivity index (χ0n) is 15.2. The summed E-state index contributed by atoms with van der Waals surface area (Å²) in [5.74, 6) is -4.88. The van der Waals surface area contributed by atoms with Crippen LogP contribution in [0.5, 0.6) is 0 Å². The second-order valence-electron chi connectivity index (χ2n) is 1.24. The topological polar surface area (TPSA) is 74.6 Å². The minimum Gasteiger partial charge on any atom is -0.481 e. The van der Waals surface area contributed by atoms with Crippen LogP contribution in [0.1, 0.15) is 45.6 Å². The van der Waals surface area contributed by atoms with Crippen molar-refractivity contribution in [3.8, 4) is 0 Å². The quantitative estimate of drug-likeness (QED) is 0.626. The van der Waals surface area contributed by atoms with Crippen molar-refractivity contribution in [1.82, 2.24) is 0 Å². The highest BCUT2D eigenvalue weighted by Crippen LogP contribution is 2.02. The second kappa shape index (κ2) is 5.70. The molecule has 0 amide bonds. The molecular weight excluding hydrogens is 148 g/mol. The van der Waals surface area contributed by atoms with Gasteiger partial charge in [0.05, 0.1) is 0 Å². The third kappa shape index (κ3) is 8.94. The minimum absolute atomic E-state index is 2.44. The Labute approximate surface area is 78.9 Å². The van der Waals surface area contributed by atoms with Crippen molar-refractivity contribution in [2.45, 2.75) is 31.9 Å². The SMILES string of the molecule is [2H]C([2H])(C(=O)O)C([2H])([2H])C([2H])([2H])C([2H])([2H])C([2H])([2H])C(=O)O. The molecule has 11 heavy (non-hydrogen) atoms. The molecular formula is C7H12O4. The van der Waals surface area contributed by atoms with Crippen molar-refractivity contribution < 1.29 is 33.5 Å². The van der Waals surface area contributed by atoms with Crippen LogP contribution in [0.15, 0.2) is 0 Å². The molecule has 0 aromatic carbocycles. The van der Waals surface area contributed by atoms with Crippen molar-refractivity contribution in [3.05, 3.63) is 0 Å². The Morgan fingerprint density at radius 2 is 1.36 bits per heavy atom. The fourth-order valence-electron chi connectivity index (χ4n) is 0.201. The van der Waals surface area contributed by atoms with Gasteiger partial charge < -0.3 is 10.2 Å². The molecule has 0 spiro atoms. The fourth-order valence-corrected chi connectivity index (χ4v) is 0.201. The Hall–Kier alpha value is -1.06. The molecule has 0 saturated heterocycles. The maximum absolute atomic E-state index is 10.7. The van der Waals surface area contributed by atoms with Crippen molar-refractivity contribution in [1.29, 1.82) is 0 Å². The average Bonchev–Trinajstić information content (AvgIpc) is 2.27. The van der Waals surface area contributed by atoms with Gasteiger partial charge in [0.2, 0.25) is 0 Å². The van der Waals surface area contributed by atoms with Crippen molar-refractivity contribution in [2.24, 2.45) is 0 Å². The molecule has 0 aliphatic rings. The summed E-state index contributed by atoms with van der Waals surface area (Å²) >= 11 is 0. The summed E-state index contributed by atoms with van der Waals surface area (Å²) < 4.78 is 72.0. The molecule has 4 nitrogen and oxygen atoms in total. The van der Waals surface area contributed by atoms with Crippen LogP contribution < -0.4 is 0 Å². The molecule has 2 N–H and O–H groups in total. The van der Waals surface area contributed by atoms with Crippen molar-refractivity contribution in [2.75, 3.05) is 0 Å². The van der Waals surface area contributed by atoms with Crippen molar-refractivity contribution in [3.63, 3.8) is 0 Å². The van der Waals surface area contributed by atoms with E-state index in [1.54, 1.807) is 0 Å². The smallest absolute Gasteiger partial charge is 0.303 e. The second-order valence-corrected chi connectivity index (χ2v) is 1.24. The molecule has 64 valence electrons. The molecule has 0 unspecified atom stereocenters. The largest absolute Gasteiger partial charge is 0.481 e. The lowest BCUT2D eigenvalue weighted by atomic mass is 10.1. The van der Waals surface area contributed by atoms with E-state index in [0.29, 0.717) is 0 Å². The molecule has 0 aromatic rings. The zero-order chi connectivity index (χ0) is 17.7. The van der Waals surface area contributed by atoms with Crippen LogP contribution in [0.2, 0.25) is 0 Å². The van der Waals surface area contributed by atoms with E-state index >= 15 is 0 Å². The Balaban J connectivity index is 6.21. The molecule has 0 saturated carbocycles. The normalized spacial score (nSPS) is 29.5. The molecule has 0 aliphatic carbocycles. The highest BCUT2D eigenvalue weighted by molar-refractivity contribution is 5.67. The first-order chi connectivity index (χ1) is 8.89. The number of carbonyl (C=O) groups is 2. The summed E-state index contributed by atoms with van der Waals surface area (Å²) in [5, 5.41) is 17.2. The fraction of sp³-hybridized carbons (Fsp3) is 0.714. The lowest BCUT2D eigenvalue weighted by Crippen LogP contribution is -1.96. The van der Waals surface area contributed by atoms with Gasteiger partial charge >= 0.3 is 11.9 Å². The van der Waals surface area contributed by atoms with Crippen LogP contribution in [-0.2, 0) is 9.59 Å². The van der Waals surface area contributed by atoms with Crippen LogP contribution in [0.4, 0.5) is 0 Å². The van der Waals surface area contributed by atoms with Gasteiger partial charge in [0.25, 0.3) is 0 Å². The van der Waals surface area contributed by atoms with Crippen LogP contribution in [0.3, 0.4) is 0 Å².